The Bertz CT molecular complexity index is 731. The number of halogens is 1. The zero-order valence-corrected chi connectivity index (χ0v) is 14.2. The van der Waals surface area contributed by atoms with Gasteiger partial charge in [0.1, 0.15) is 24.1 Å². The number of likely N-dealkylation sites (N-methyl/N-ethyl adjacent to an activating group) is 1. The average molecular weight is 362 g/mol. The molecule has 0 spiro atoms. The van der Waals surface area contributed by atoms with Gasteiger partial charge >= 0.3 is 0 Å². The molecule has 0 radical (unpaired) electrons. The predicted molar refractivity (Wildman–Crippen MR) is 81.1 cm³/mol. The van der Waals surface area contributed by atoms with E-state index >= 15 is 0 Å². The minimum absolute atomic E-state index is 0. The van der Waals surface area contributed by atoms with Crippen molar-refractivity contribution in [2.24, 2.45) is 0 Å². The zero-order chi connectivity index (χ0) is 14.6. The molecule has 2 aromatic rings. The monoisotopic (exact) mass is 361 g/mol. The van der Waals surface area contributed by atoms with E-state index in [2.05, 4.69) is 19.2 Å². The first-order valence-electron chi connectivity index (χ1n) is 7.52. The number of aromatic hydroxyl groups is 2. The van der Waals surface area contributed by atoms with E-state index in [0.29, 0.717) is 17.5 Å². The van der Waals surface area contributed by atoms with Gasteiger partial charge in [0.2, 0.25) is 0 Å². The van der Waals surface area contributed by atoms with Crippen LogP contribution in [0.3, 0.4) is 0 Å². The highest BCUT2D eigenvalue weighted by Gasteiger charge is 2.43. The van der Waals surface area contributed by atoms with Gasteiger partial charge in [0.05, 0.1) is 19.2 Å². The maximum Gasteiger partial charge on any atom is 0.124 e. The molecular weight excluding hydrogens is 342 g/mol. The van der Waals surface area contributed by atoms with E-state index in [4.69, 9.17) is 0 Å². The van der Waals surface area contributed by atoms with Crippen molar-refractivity contribution in [3.05, 3.63) is 58.7 Å². The van der Waals surface area contributed by atoms with Crippen LogP contribution in [0, 0.1) is 0 Å². The fraction of sp³-hybridized carbons (Fsp3) is 0.333. The molecule has 2 aliphatic rings. The molecule has 2 N–H and O–H groups in total. The van der Waals surface area contributed by atoms with Crippen LogP contribution in [0.2, 0.25) is 0 Å². The third kappa shape index (κ3) is 2.22. The SMILES string of the molecule is C[N+]12CCc3ccc(O)cc3C1Cc1cccc(O)c1C2.[Br-]. The molecule has 0 fully saturated rings. The highest BCUT2D eigenvalue weighted by molar-refractivity contribution is 5.44. The molecule has 3 nitrogen and oxygen atoms in total. The summed E-state index contributed by atoms with van der Waals surface area (Å²) in [6, 6.07) is 12.0. The van der Waals surface area contributed by atoms with Crippen LogP contribution in [-0.4, -0.2) is 28.3 Å². The van der Waals surface area contributed by atoms with Crippen LogP contribution in [0.25, 0.3) is 0 Å². The van der Waals surface area contributed by atoms with Crippen molar-refractivity contribution in [3.8, 4) is 11.5 Å². The molecule has 4 heteroatoms. The van der Waals surface area contributed by atoms with E-state index in [1.165, 1.54) is 16.7 Å². The lowest BCUT2D eigenvalue weighted by molar-refractivity contribution is -0.956. The fourth-order valence-electron chi connectivity index (χ4n) is 4.07. The molecule has 2 aromatic carbocycles. The molecule has 0 saturated carbocycles. The first kappa shape index (κ1) is 15.4. The molecule has 2 aliphatic heterocycles. The quantitative estimate of drug-likeness (QED) is 0.643. The average Bonchev–Trinajstić information content (AvgIpc) is 2.46. The van der Waals surface area contributed by atoms with Crippen LogP contribution in [0.1, 0.15) is 28.3 Å². The summed E-state index contributed by atoms with van der Waals surface area (Å²) >= 11 is 0. The van der Waals surface area contributed by atoms with Gasteiger partial charge in [-0.15, -0.1) is 0 Å². The molecule has 22 heavy (non-hydrogen) atoms. The topological polar surface area (TPSA) is 40.5 Å². The van der Waals surface area contributed by atoms with Crippen LogP contribution >= 0.6 is 0 Å². The zero-order valence-electron chi connectivity index (χ0n) is 12.6. The smallest absolute Gasteiger partial charge is 0.124 e. The largest absolute Gasteiger partial charge is 1.00 e. The summed E-state index contributed by atoms with van der Waals surface area (Å²) in [6.07, 6.45) is 1.96. The summed E-state index contributed by atoms with van der Waals surface area (Å²) < 4.78 is 0.918. The van der Waals surface area contributed by atoms with Gasteiger partial charge < -0.3 is 31.7 Å². The van der Waals surface area contributed by atoms with E-state index in [-0.39, 0.29) is 17.0 Å². The molecule has 4 rings (SSSR count). The molecule has 2 atom stereocenters. The van der Waals surface area contributed by atoms with Crippen molar-refractivity contribution in [2.75, 3.05) is 13.6 Å². The van der Waals surface area contributed by atoms with Gasteiger partial charge in [-0.1, -0.05) is 18.2 Å². The molecule has 0 aliphatic carbocycles. The van der Waals surface area contributed by atoms with Gasteiger partial charge in [0.25, 0.3) is 0 Å². The van der Waals surface area contributed by atoms with Crippen LogP contribution < -0.4 is 17.0 Å². The molecule has 0 saturated heterocycles. The second-order valence-electron chi connectivity index (χ2n) is 6.63. The lowest BCUT2D eigenvalue weighted by Crippen LogP contribution is -3.00. The van der Waals surface area contributed by atoms with Gasteiger partial charge in [0, 0.05) is 18.4 Å². The molecule has 0 aromatic heterocycles. The fourth-order valence-corrected chi connectivity index (χ4v) is 4.07. The molecule has 2 heterocycles. The maximum atomic E-state index is 10.2. The van der Waals surface area contributed by atoms with Crippen LogP contribution in [-0.2, 0) is 19.4 Å². The number of fused-ring (bicyclic) bond motifs is 4. The van der Waals surface area contributed by atoms with Crippen molar-refractivity contribution in [3.63, 3.8) is 0 Å². The number of phenols is 2. The molecule has 2 unspecified atom stereocenters. The number of benzene rings is 2. The number of hydrogen-bond donors (Lipinski definition) is 2. The van der Waals surface area contributed by atoms with Crippen molar-refractivity contribution >= 4 is 0 Å². The molecule has 0 amide bonds. The second kappa shape index (κ2) is 5.28. The number of phenolic OH excluding ortho intramolecular Hbond substituents is 2. The van der Waals surface area contributed by atoms with E-state index in [0.717, 1.165) is 36.0 Å². The third-order valence-corrected chi connectivity index (χ3v) is 5.31. The van der Waals surface area contributed by atoms with Gasteiger partial charge in [-0.05, 0) is 29.3 Å². The number of rotatable bonds is 0. The van der Waals surface area contributed by atoms with Crippen LogP contribution in [0.4, 0.5) is 0 Å². The second-order valence-corrected chi connectivity index (χ2v) is 6.63. The van der Waals surface area contributed by atoms with Gasteiger partial charge in [-0.3, -0.25) is 0 Å². The first-order valence-corrected chi connectivity index (χ1v) is 7.52. The Labute approximate surface area is 141 Å². The molecule has 0 bridgehead atoms. The third-order valence-electron chi connectivity index (χ3n) is 5.31. The summed E-state index contributed by atoms with van der Waals surface area (Å²) in [5.74, 6) is 0.774. The van der Waals surface area contributed by atoms with E-state index in [1.54, 1.807) is 12.1 Å². The van der Waals surface area contributed by atoms with E-state index in [9.17, 15) is 10.2 Å². The van der Waals surface area contributed by atoms with Gasteiger partial charge in [-0.2, -0.15) is 0 Å². The molecular formula is C18H20BrNO2. The Morgan fingerprint density at radius 3 is 2.73 bits per heavy atom. The first-order chi connectivity index (χ1) is 10.1. The number of quaternary nitrogens is 1. The summed E-state index contributed by atoms with van der Waals surface area (Å²) in [7, 11) is 2.27. The van der Waals surface area contributed by atoms with Crippen LogP contribution in [0.15, 0.2) is 36.4 Å². The standard InChI is InChI=1S/C18H19NO2.BrH/c1-19-8-7-12-5-6-14(20)10-15(12)17(19)9-13-3-2-4-18(21)16(13)11-19;/h2-6,10,17H,7-9,11H2,1H3,(H-,20,21);1H. The van der Waals surface area contributed by atoms with Crippen molar-refractivity contribution < 1.29 is 31.7 Å². The number of nitrogens with zero attached hydrogens (tertiary/aromatic N) is 1. The van der Waals surface area contributed by atoms with Crippen LogP contribution in [0.5, 0.6) is 11.5 Å². The lowest BCUT2D eigenvalue weighted by atomic mass is 9.82. The van der Waals surface area contributed by atoms with Gasteiger partial charge in [-0.25, -0.2) is 0 Å². The van der Waals surface area contributed by atoms with Crippen molar-refractivity contribution in [1.29, 1.82) is 0 Å². The van der Waals surface area contributed by atoms with Crippen molar-refractivity contribution in [2.45, 2.75) is 25.4 Å². The Hall–Kier alpha value is -1.52. The highest BCUT2D eigenvalue weighted by Crippen LogP contribution is 2.45. The van der Waals surface area contributed by atoms with Gasteiger partial charge in [0.15, 0.2) is 0 Å². The van der Waals surface area contributed by atoms with E-state index in [1.807, 2.05) is 12.1 Å². The highest BCUT2D eigenvalue weighted by atomic mass is 79.9. The Morgan fingerprint density at radius 1 is 1.09 bits per heavy atom. The maximum absolute atomic E-state index is 10.2. The number of hydrogen-bond acceptors (Lipinski definition) is 2. The Balaban J connectivity index is 0.00000144. The minimum Gasteiger partial charge on any atom is -1.00 e. The van der Waals surface area contributed by atoms with Crippen molar-refractivity contribution in [1.82, 2.24) is 0 Å². The summed E-state index contributed by atoms with van der Waals surface area (Å²) in [6.45, 7) is 1.94. The Morgan fingerprint density at radius 2 is 1.91 bits per heavy atom. The normalized spacial score (nSPS) is 25.4. The summed E-state index contributed by atoms with van der Waals surface area (Å²) in [4.78, 5) is 0. The molecule has 116 valence electrons. The van der Waals surface area contributed by atoms with E-state index < -0.39 is 0 Å². The minimum atomic E-state index is 0. The Kier molecular flexibility index (Phi) is 3.69. The lowest BCUT2D eigenvalue weighted by Gasteiger charge is -2.48. The predicted octanol–water partition coefficient (Wildman–Crippen LogP) is -0.0981. The summed E-state index contributed by atoms with van der Waals surface area (Å²) in [5, 5.41) is 20.0. The summed E-state index contributed by atoms with van der Waals surface area (Å²) in [5.41, 5.74) is 4.97.